The zero-order valence-corrected chi connectivity index (χ0v) is 14.7. The molecule has 132 valence electrons. The SMILES string of the molecule is CC(C)(C)OC(=O)N1C2(C)CCC1([C@H](O)c1cncc(F)c1)CC2. The van der Waals surface area contributed by atoms with Gasteiger partial charge in [0.05, 0.1) is 11.7 Å². The average molecular weight is 336 g/mol. The Morgan fingerprint density at radius 2 is 1.96 bits per heavy atom. The molecule has 1 aromatic rings. The molecule has 2 aliphatic heterocycles. The first kappa shape index (κ1) is 17.1. The molecule has 1 amide bonds. The van der Waals surface area contributed by atoms with Crippen LogP contribution in [0.3, 0.4) is 0 Å². The summed E-state index contributed by atoms with van der Waals surface area (Å²) < 4.78 is 19.1. The lowest BCUT2D eigenvalue weighted by atomic mass is 9.78. The van der Waals surface area contributed by atoms with Crippen molar-refractivity contribution in [1.82, 2.24) is 9.88 Å². The number of fused-ring (bicyclic) bond motifs is 2. The van der Waals surface area contributed by atoms with E-state index in [1.807, 2.05) is 27.7 Å². The van der Waals surface area contributed by atoms with E-state index in [9.17, 15) is 14.3 Å². The van der Waals surface area contributed by atoms with Crippen LogP contribution in [0.1, 0.15) is 65.0 Å². The fraction of sp³-hybridized carbons (Fsp3) is 0.667. The smallest absolute Gasteiger partial charge is 0.411 e. The van der Waals surface area contributed by atoms with Crippen LogP contribution in [0.4, 0.5) is 9.18 Å². The third-order valence-electron chi connectivity index (χ3n) is 5.30. The van der Waals surface area contributed by atoms with Crippen LogP contribution in [0.25, 0.3) is 0 Å². The Hall–Kier alpha value is -1.69. The van der Waals surface area contributed by atoms with Crippen LogP contribution in [-0.4, -0.2) is 37.8 Å². The Labute approximate surface area is 141 Å². The van der Waals surface area contributed by atoms with Gasteiger partial charge >= 0.3 is 6.09 Å². The van der Waals surface area contributed by atoms with E-state index < -0.39 is 29.2 Å². The Bertz CT molecular complexity index is 648. The lowest BCUT2D eigenvalue weighted by Crippen LogP contribution is -2.53. The molecule has 5 nitrogen and oxygen atoms in total. The minimum Gasteiger partial charge on any atom is -0.444 e. The van der Waals surface area contributed by atoms with Gasteiger partial charge in [0.1, 0.15) is 17.5 Å². The maximum atomic E-state index is 13.5. The van der Waals surface area contributed by atoms with E-state index in [0.29, 0.717) is 18.4 Å². The second-order valence-electron chi connectivity index (χ2n) is 8.26. The van der Waals surface area contributed by atoms with Crippen LogP contribution in [0, 0.1) is 5.82 Å². The minimum absolute atomic E-state index is 0.329. The number of aliphatic hydroxyl groups excluding tert-OH is 1. The van der Waals surface area contributed by atoms with E-state index in [1.54, 1.807) is 4.90 Å². The van der Waals surface area contributed by atoms with E-state index in [0.717, 1.165) is 19.0 Å². The molecule has 1 aromatic heterocycles. The molecule has 2 aliphatic rings. The summed E-state index contributed by atoms with van der Waals surface area (Å²) in [5, 5.41) is 11.0. The minimum atomic E-state index is -0.988. The highest BCUT2D eigenvalue weighted by atomic mass is 19.1. The normalized spacial score (nSPS) is 30.5. The molecular weight excluding hydrogens is 311 g/mol. The van der Waals surface area contributed by atoms with Gasteiger partial charge in [-0.3, -0.25) is 9.88 Å². The fourth-order valence-corrected chi connectivity index (χ4v) is 4.20. The van der Waals surface area contributed by atoms with Gasteiger partial charge in [-0.2, -0.15) is 0 Å². The standard InChI is InChI=1S/C18H25FN2O3/c1-16(2,3)24-15(23)21-17(4)5-7-18(21,8-6-17)14(22)12-9-13(19)11-20-10-12/h9-11,14,22H,5-8H2,1-4H3/t14-,17?,18?/m1/s1. The lowest BCUT2D eigenvalue weighted by molar-refractivity contribution is -0.0365. The van der Waals surface area contributed by atoms with Crippen molar-refractivity contribution < 1.29 is 19.0 Å². The van der Waals surface area contributed by atoms with E-state index >= 15 is 0 Å². The molecule has 0 spiro atoms. The summed E-state index contributed by atoms with van der Waals surface area (Å²) in [4.78, 5) is 18.4. The quantitative estimate of drug-likeness (QED) is 0.897. The van der Waals surface area contributed by atoms with Crippen molar-refractivity contribution >= 4 is 6.09 Å². The highest BCUT2D eigenvalue weighted by Gasteiger charge is 2.64. The number of aliphatic hydroxyl groups is 1. The number of amides is 1. The number of carbonyl (C=O) groups is 1. The third kappa shape index (κ3) is 2.66. The van der Waals surface area contributed by atoms with Crippen molar-refractivity contribution in [3.8, 4) is 0 Å². The summed E-state index contributed by atoms with van der Waals surface area (Å²) in [6.45, 7) is 7.50. The first-order valence-electron chi connectivity index (χ1n) is 8.39. The summed E-state index contributed by atoms with van der Waals surface area (Å²) in [6, 6.07) is 1.29. The number of pyridine rings is 1. The number of carbonyl (C=O) groups excluding carboxylic acids is 1. The van der Waals surface area contributed by atoms with Gasteiger partial charge in [0.2, 0.25) is 0 Å². The molecule has 24 heavy (non-hydrogen) atoms. The van der Waals surface area contributed by atoms with Gasteiger partial charge in [0, 0.05) is 17.3 Å². The zero-order valence-electron chi connectivity index (χ0n) is 14.7. The molecule has 0 radical (unpaired) electrons. The monoisotopic (exact) mass is 336 g/mol. The van der Waals surface area contributed by atoms with E-state index in [2.05, 4.69) is 4.98 Å². The number of halogens is 1. The van der Waals surface area contributed by atoms with E-state index in [4.69, 9.17) is 4.74 Å². The highest BCUT2D eigenvalue weighted by Crippen LogP contribution is 2.58. The van der Waals surface area contributed by atoms with Crippen LogP contribution in [0.2, 0.25) is 0 Å². The molecule has 1 atom stereocenters. The second kappa shape index (κ2) is 5.41. The molecule has 0 aromatic carbocycles. The van der Waals surface area contributed by atoms with Gasteiger partial charge in [-0.05, 0) is 59.4 Å². The largest absolute Gasteiger partial charge is 0.444 e. The van der Waals surface area contributed by atoms with Crippen molar-refractivity contribution in [3.63, 3.8) is 0 Å². The maximum Gasteiger partial charge on any atom is 0.411 e. The highest BCUT2D eigenvalue weighted by molar-refractivity contribution is 5.72. The van der Waals surface area contributed by atoms with Crippen molar-refractivity contribution in [2.24, 2.45) is 0 Å². The molecular formula is C18H25FN2O3. The van der Waals surface area contributed by atoms with Crippen LogP contribution in [-0.2, 0) is 4.74 Å². The summed E-state index contributed by atoms with van der Waals surface area (Å²) in [7, 11) is 0. The molecule has 3 heterocycles. The van der Waals surface area contributed by atoms with Crippen LogP contribution < -0.4 is 0 Å². The number of nitrogens with zero attached hydrogens (tertiary/aromatic N) is 2. The van der Waals surface area contributed by atoms with Gasteiger partial charge in [0.25, 0.3) is 0 Å². The van der Waals surface area contributed by atoms with Crippen LogP contribution in [0.5, 0.6) is 0 Å². The Balaban J connectivity index is 1.96. The maximum absolute atomic E-state index is 13.5. The van der Waals surface area contributed by atoms with Gasteiger partial charge in [-0.15, -0.1) is 0 Å². The van der Waals surface area contributed by atoms with Gasteiger partial charge < -0.3 is 9.84 Å². The van der Waals surface area contributed by atoms with Gasteiger partial charge in [0.15, 0.2) is 0 Å². The van der Waals surface area contributed by atoms with Crippen molar-refractivity contribution in [2.75, 3.05) is 0 Å². The van der Waals surface area contributed by atoms with Crippen LogP contribution >= 0.6 is 0 Å². The predicted molar refractivity (Wildman–Crippen MR) is 86.8 cm³/mol. The Morgan fingerprint density at radius 1 is 1.33 bits per heavy atom. The van der Waals surface area contributed by atoms with E-state index in [1.165, 1.54) is 12.3 Å². The number of aromatic nitrogens is 1. The summed E-state index contributed by atoms with van der Waals surface area (Å²) in [5.41, 5.74) is -1.30. The molecule has 2 saturated heterocycles. The average Bonchev–Trinajstić information content (AvgIpc) is 2.94. The summed E-state index contributed by atoms with van der Waals surface area (Å²) in [6.07, 6.45) is 4.09. The number of ether oxygens (including phenoxy) is 1. The zero-order chi connectivity index (χ0) is 17.8. The van der Waals surface area contributed by atoms with Gasteiger partial charge in [-0.25, -0.2) is 9.18 Å². The molecule has 0 unspecified atom stereocenters. The number of rotatable bonds is 2. The number of hydrogen-bond acceptors (Lipinski definition) is 4. The molecule has 0 aliphatic carbocycles. The molecule has 0 saturated carbocycles. The predicted octanol–water partition coefficient (Wildman–Crippen LogP) is 3.58. The second-order valence-corrected chi connectivity index (χ2v) is 8.26. The van der Waals surface area contributed by atoms with E-state index in [-0.39, 0.29) is 5.54 Å². The molecule has 6 heteroatoms. The Morgan fingerprint density at radius 3 is 2.50 bits per heavy atom. The van der Waals surface area contributed by atoms with Crippen molar-refractivity contribution in [2.45, 2.75) is 76.2 Å². The summed E-state index contributed by atoms with van der Waals surface area (Å²) in [5.74, 6) is -0.495. The molecule has 2 bridgehead atoms. The molecule has 2 fully saturated rings. The molecule has 3 rings (SSSR count). The fourth-order valence-electron chi connectivity index (χ4n) is 4.20. The first-order valence-corrected chi connectivity index (χ1v) is 8.39. The van der Waals surface area contributed by atoms with Gasteiger partial charge in [-0.1, -0.05) is 0 Å². The van der Waals surface area contributed by atoms with Crippen molar-refractivity contribution in [3.05, 3.63) is 29.8 Å². The third-order valence-corrected chi connectivity index (χ3v) is 5.30. The Kier molecular flexibility index (Phi) is 3.86. The number of hydrogen-bond donors (Lipinski definition) is 1. The first-order chi connectivity index (χ1) is 11.1. The van der Waals surface area contributed by atoms with Crippen LogP contribution in [0.15, 0.2) is 18.5 Å². The van der Waals surface area contributed by atoms with Crippen molar-refractivity contribution in [1.29, 1.82) is 0 Å². The topological polar surface area (TPSA) is 62.7 Å². The molecule has 1 N–H and O–H groups in total. The summed E-state index contributed by atoms with van der Waals surface area (Å²) >= 11 is 0. The lowest BCUT2D eigenvalue weighted by Gasteiger charge is -2.41.